The van der Waals surface area contributed by atoms with E-state index in [1.807, 2.05) is 36.4 Å². The monoisotopic (exact) mass is 477 g/mol. The van der Waals surface area contributed by atoms with E-state index in [0.717, 1.165) is 33.3 Å². The Bertz CT molecular complexity index is 1560. The first kappa shape index (κ1) is 22.0. The van der Waals surface area contributed by atoms with E-state index < -0.39 is 10.0 Å². The molecule has 1 saturated heterocycles. The number of aryl methyl sites for hydroxylation is 1. The number of ether oxygens (including phenoxy) is 1. The number of para-hydroxylation sites is 1. The predicted octanol–water partition coefficient (Wildman–Crippen LogP) is 4.28. The number of carbonyl (C=O) groups is 2. The van der Waals surface area contributed by atoms with E-state index in [-0.39, 0.29) is 41.0 Å². The van der Waals surface area contributed by atoms with Gasteiger partial charge in [-0.2, -0.15) is 0 Å². The quantitative estimate of drug-likeness (QED) is 0.418. The van der Waals surface area contributed by atoms with Crippen molar-refractivity contribution < 1.29 is 22.7 Å². The minimum atomic E-state index is -4.01. The summed E-state index contributed by atoms with van der Waals surface area (Å²) in [7, 11) is -2.61. The van der Waals surface area contributed by atoms with Crippen molar-refractivity contribution in [1.82, 2.24) is 4.57 Å². The van der Waals surface area contributed by atoms with Crippen molar-refractivity contribution >= 4 is 55.0 Å². The lowest BCUT2D eigenvalue weighted by Gasteiger charge is -2.18. The van der Waals surface area contributed by atoms with Crippen LogP contribution in [0, 0.1) is 0 Å². The molecule has 8 nitrogen and oxygen atoms in total. The van der Waals surface area contributed by atoms with Gasteiger partial charge in [0.2, 0.25) is 11.8 Å². The molecule has 34 heavy (non-hydrogen) atoms. The second-order valence-electron chi connectivity index (χ2n) is 8.06. The number of benzene rings is 3. The Morgan fingerprint density at radius 3 is 2.32 bits per heavy atom. The van der Waals surface area contributed by atoms with Crippen LogP contribution in [0.2, 0.25) is 0 Å². The van der Waals surface area contributed by atoms with E-state index in [4.69, 9.17) is 4.74 Å². The molecular formula is C25H23N3O5S. The third-order valence-electron chi connectivity index (χ3n) is 6.09. The van der Waals surface area contributed by atoms with Crippen LogP contribution in [0.4, 0.5) is 11.4 Å². The van der Waals surface area contributed by atoms with Crippen molar-refractivity contribution in [2.24, 2.45) is 0 Å². The van der Waals surface area contributed by atoms with Gasteiger partial charge in [0.25, 0.3) is 10.0 Å². The minimum Gasteiger partial charge on any atom is -0.495 e. The van der Waals surface area contributed by atoms with Crippen molar-refractivity contribution in [3.8, 4) is 5.75 Å². The molecule has 0 radical (unpaired) electrons. The fourth-order valence-corrected chi connectivity index (χ4v) is 5.60. The Balaban J connectivity index is 1.55. The predicted molar refractivity (Wildman–Crippen MR) is 131 cm³/mol. The standard InChI is InChI=1S/C25H23N3O5S/c1-3-27-20-7-5-4-6-18(20)19-14-16(8-10-21(19)27)26-34(31,32)17-9-11-23(33-2)22(15-17)28-24(29)12-13-25(28)30/h4-11,14-15,26H,3,12-13H2,1-2H3. The Morgan fingerprint density at radius 2 is 1.62 bits per heavy atom. The molecule has 0 spiro atoms. The summed E-state index contributed by atoms with van der Waals surface area (Å²) < 4.78 is 36.6. The molecule has 4 aromatic rings. The molecule has 0 unspecified atom stereocenters. The molecule has 0 bridgehead atoms. The van der Waals surface area contributed by atoms with E-state index in [9.17, 15) is 18.0 Å². The van der Waals surface area contributed by atoms with Crippen LogP contribution < -0.4 is 14.4 Å². The fourth-order valence-electron chi connectivity index (χ4n) is 4.53. The lowest BCUT2D eigenvalue weighted by Crippen LogP contribution is -2.29. The van der Waals surface area contributed by atoms with Gasteiger partial charge in [0.15, 0.2) is 0 Å². The van der Waals surface area contributed by atoms with Crippen LogP contribution in [0.1, 0.15) is 19.8 Å². The number of anilines is 2. The number of hydrogen-bond donors (Lipinski definition) is 1. The summed E-state index contributed by atoms with van der Waals surface area (Å²) in [6.45, 7) is 2.86. The Kier molecular flexibility index (Phi) is 5.28. The normalized spacial score (nSPS) is 14.4. The van der Waals surface area contributed by atoms with Crippen molar-refractivity contribution in [2.75, 3.05) is 16.7 Å². The first-order chi connectivity index (χ1) is 16.3. The van der Waals surface area contributed by atoms with Crippen LogP contribution in [0.25, 0.3) is 21.8 Å². The number of carbonyl (C=O) groups excluding carboxylic acids is 2. The molecule has 5 rings (SSSR count). The first-order valence-corrected chi connectivity index (χ1v) is 12.4. The zero-order valence-corrected chi connectivity index (χ0v) is 19.6. The second-order valence-corrected chi connectivity index (χ2v) is 9.74. The van der Waals surface area contributed by atoms with Crippen LogP contribution >= 0.6 is 0 Å². The Labute approximate surface area is 196 Å². The van der Waals surface area contributed by atoms with Gasteiger partial charge >= 0.3 is 0 Å². The van der Waals surface area contributed by atoms with E-state index in [1.54, 1.807) is 6.07 Å². The molecule has 1 aliphatic heterocycles. The molecule has 2 heterocycles. The highest BCUT2D eigenvalue weighted by atomic mass is 32.2. The molecule has 9 heteroatoms. The average Bonchev–Trinajstić information content (AvgIpc) is 3.34. The summed E-state index contributed by atoms with van der Waals surface area (Å²) >= 11 is 0. The van der Waals surface area contributed by atoms with Gasteiger partial charge in [-0.05, 0) is 49.4 Å². The van der Waals surface area contributed by atoms with Gasteiger partial charge in [0.1, 0.15) is 5.75 Å². The second kappa shape index (κ2) is 8.18. The molecule has 2 amide bonds. The summed E-state index contributed by atoms with van der Waals surface area (Å²) in [5.41, 5.74) is 2.64. The van der Waals surface area contributed by atoms with Crippen molar-refractivity contribution in [2.45, 2.75) is 31.2 Å². The highest BCUT2D eigenvalue weighted by Crippen LogP contribution is 2.35. The third kappa shape index (κ3) is 3.49. The van der Waals surface area contributed by atoms with E-state index in [0.29, 0.717) is 5.69 Å². The van der Waals surface area contributed by atoms with E-state index >= 15 is 0 Å². The molecule has 0 saturated carbocycles. The summed E-state index contributed by atoms with van der Waals surface area (Å²) in [4.78, 5) is 25.4. The van der Waals surface area contributed by atoms with Crippen molar-refractivity contribution in [3.63, 3.8) is 0 Å². The zero-order chi connectivity index (χ0) is 24.0. The number of imide groups is 1. The average molecular weight is 478 g/mol. The summed E-state index contributed by atoms with van der Waals surface area (Å²) in [5.74, 6) is -0.525. The summed E-state index contributed by atoms with van der Waals surface area (Å²) in [6.07, 6.45) is 0.172. The van der Waals surface area contributed by atoms with E-state index in [1.165, 1.54) is 25.3 Å². The molecule has 1 N–H and O–H groups in total. The number of hydrogen-bond acceptors (Lipinski definition) is 5. The zero-order valence-electron chi connectivity index (χ0n) is 18.7. The van der Waals surface area contributed by atoms with Crippen LogP contribution in [-0.4, -0.2) is 31.9 Å². The largest absolute Gasteiger partial charge is 0.495 e. The van der Waals surface area contributed by atoms with Crippen LogP contribution in [0.5, 0.6) is 5.75 Å². The molecule has 1 aliphatic rings. The summed E-state index contributed by atoms with van der Waals surface area (Å²) in [6, 6.07) is 17.6. The number of rotatable bonds is 6. The number of fused-ring (bicyclic) bond motifs is 3. The van der Waals surface area contributed by atoms with Gasteiger partial charge < -0.3 is 9.30 Å². The number of nitrogens with one attached hydrogen (secondary N) is 1. The Hall–Kier alpha value is -3.85. The van der Waals surface area contributed by atoms with Crippen molar-refractivity contribution in [3.05, 3.63) is 60.7 Å². The molecule has 1 aromatic heterocycles. The molecule has 0 aliphatic carbocycles. The number of aromatic nitrogens is 1. The third-order valence-corrected chi connectivity index (χ3v) is 7.47. The van der Waals surface area contributed by atoms with Gasteiger partial charge in [-0.1, -0.05) is 18.2 Å². The number of sulfonamides is 1. The maximum atomic E-state index is 13.2. The van der Waals surface area contributed by atoms with Crippen LogP contribution in [0.3, 0.4) is 0 Å². The molecular weight excluding hydrogens is 454 g/mol. The van der Waals surface area contributed by atoms with E-state index in [2.05, 4.69) is 16.2 Å². The smallest absolute Gasteiger partial charge is 0.261 e. The maximum absolute atomic E-state index is 13.2. The molecule has 0 atom stereocenters. The molecule has 3 aromatic carbocycles. The molecule has 174 valence electrons. The first-order valence-electron chi connectivity index (χ1n) is 10.9. The van der Waals surface area contributed by atoms with Gasteiger partial charge in [-0.3, -0.25) is 14.3 Å². The Morgan fingerprint density at radius 1 is 0.912 bits per heavy atom. The summed E-state index contributed by atoms with van der Waals surface area (Å²) in [5, 5.41) is 1.99. The van der Waals surface area contributed by atoms with Gasteiger partial charge in [0.05, 0.1) is 17.7 Å². The van der Waals surface area contributed by atoms with Crippen LogP contribution in [0.15, 0.2) is 65.6 Å². The molecule has 1 fully saturated rings. The highest BCUT2D eigenvalue weighted by molar-refractivity contribution is 7.92. The lowest BCUT2D eigenvalue weighted by molar-refractivity contribution is -0.121. The number of methoxy groups -OCH3 is 1. The van der Waals surface area contributed by atoms with Crippen molar-refractivity contribution in [1.29, 1.82) is 0 Å². The maximum Gasteiger partial charge on any atom is 0.261 e. The van der Waals surface area contributed by atoms with Gasteiger partial charge in [-0.15, -0.1) is 0 Å². The SMILES string of the molecule is CCn1c2ccccc2c2cc(NS(=O)(=O)c3ccc(OC)c(N4C(=O)CCC4=O)c3)ccc21. The number of amides is 2. The lowest BCUT2D eigenvalue weighted by atomic mass is 10.1. The fraction of sp³-hybridized carbons (Fsp3) is 0.200. The highest BCUT2D eigenvalue weighted by Gasteiger charge is 2.33. The van der Waals surface area contributed by atoms with Gasteiger partial charge in [-0.25, -0.2) is 13.3 Å². The topological polar surface area (TPSA) is 97.7 Å². The number of nitrogens with zero attached hydrogens (tertiary/aromatic N) is 2. The van der Waals surface area contributed by atoms with Crippen LogP contribution in [-0.2, 0) is 26.2 Å². The minimum absolute atomic E-state index is 0.0770. The van der Waals surface area contributed by atoms with Gasteiger partial charge in [0, 0.05) is 46.9 Å².